The lowest BCUT2D eigenvalue weighted by molar-refractivity contribution is 0.0183. The van der Waals surface area contributed by atoms with Gasteiger partial charge in [0.25, 0.3) is 0 Å². The third kappa shape index (κ3) is 3.30. The molecule has 0 aliphatic rings. The maximum Gasteiger partial charge on any atom is 0.0758 e. The highest BCUT2D eigenvalue weighted by molar-refractivity contribution is 9.10. The molecule has 0 aliphatic heterocycles. The van der Waals surface area contributed by atoms with Crippen LogP contribution in [0.3, 0.4) is 0 Å². The average Bonchev–Trinajstić information content (AvgIpc) is 2.21. The Balaban J connectivity index is 2.71. The topological polar surface area (TPSA) is 23.5 Å². The van der Waals surface area contributed by atoms with Crippen molar-refractivity contribution in [3.8, 4) is 0 Å². The van der Waals surface area contributed by atoms with Crippen molar-refractivity contribution in [2.45, 2.75) is 31.9 Å². The van der Waals surface area contributed by atoms with E-state index in [-0.39, 0.29) is 11.6 Å². The zero-order chi connectivity index (χ0) is 12.3. The fourth-order valence-electron chi connectivity index (χ4n) is 1.39. The Bertz CT molecular complexity index is 332. The molecule has 0 fully saturated rings. The highest BCUT2D eigenvalue weighted by Gasteiger charge is 2.29. The van der Waals surface area contributed by atoms with Crippen LogP contribution in [0.2, 0.25) is 0 Å². The summed E-state index contributed by atoms with van der Waals surface area (Å²) in [5.74, 6) is 0. The standard InChI is InChI=1S/C13H20BrNO/c1-13(2,15(3)4)12(16)9-10-5-7-11(14)8-6-10/h5-8,12,16H,9H2,1-4H3. The van der Waals surface area contributed by atoms with Gasteiger partial charge >= 0.3 is 0 Å². The third-order valence-electron chi connectivity index (χ3n) is 3.31. The lowest BCUT2D eigenvalue weighted by Gasteiger charge is -2.37. The van der Waals surface area contributed by atoms with E-state index >= 15 is 0 Å². The van der Waals surface area contributed by atoms with Crippen molar-refractivity contribution >= 4 is 15.9 Å². The molecule has 0 heterocycles. The molecule has 2 nitrogen and oxygen atoms in total. The maximum absolute atomic E-state index is 10.2. The van der Waals surface area contributed by atoms with Crippen molar-refractivity contribution < 1.29 is 5.11 Å². The monoisotopic (exact) mass is 285 g/mol. The Morgan fingerprint density at radius 1 is 1.25 bits per heavy atom. The van der Waals surface area contributed by atoms with Crippen LogP contribution in [0.5, 0.6) is 0 Å². The number of nitrogens with zero attached hydrogens (tertiary/aromatic N) is 1. The SMILES string of the molecule is CN(C)C(C)(C)C(O)Cc1ccc(Br)cc1. The van der Waals surface area contributed by atoms with Crippen LogP contribution < -0.4 is 0 Å². The second-order valence-electron chi connectivity index (χ2n) is 4.89. The number of likely N-dealkylation sites (N-methyl/N-ethyl adjacent to an activating group) is 1. The molecule has 0 radical (unpaired) electrons. The molecule has 3 heteroatoms. The summed E-state index contributed by atoms with van der Waals surface area (Å²) >= 11 is 3.40. The van der Waals surface area contributed by atoms with Gasteiger partial charge in [-0.25, -0.2) is 0 Å². The van der Waals surface area contributed by atoms with Crippen LogP contribution in [0.4, 0.5) is 0 Å². The Hall–Kier alpha value is -0.380. The average molecular weight is 286 g/mol. The Labute approximate surface area is 106 Å². The summed E-state index contributed by atoms with van der Waals surface area (Å²) < 4.78 is 1.07. The number of benzene rings is 1. The molecule has 1 N–H and O–H groups in total. The molecule has 0 amide bonds. The predicted molar refractivity (Wildman–Crippen MR) is 71.6 cm³/mol. The summed E-state index contributed by atoms with van der Waals surface area (Å²) in [4.78, 5) is 2.05. The molecule has 0 aromatic heterocycles. The van der Waals surface area contributed by atoms with E-state index in [1.807, 2.05) is 38.4 Å². The smallest absolute Gasteiger partial charge is 0.0758 e. The summed E-state index contributed by atoms with van der Waals surface area (Å²) in [5.41, 5.74) is 0.943. The van der Waals surface area contributed by atoms with Gasteiger partial charge < -0.3 is 10.0 Å². The van der Waals surface area contributed by atoms with E-state index in [4.69, 9.17) is 0 Å². The fraction of sp³-hybridized carbons (Fsp3) is 0.538. The van der Waals surface area contributed by atoms with E-state index in [2.05, 4.69) is 34.7 Å². The fourth-order valence-corrected chi connectivity index (χ4v) is 1.66. The predicted octanol–water partition coefficient (Wildman–Crippen LogP) is 2.69. The van der Waals surface area contributed by atoms with Crippen LogP contribution in [-0.4, -0.2) is 35.7 Å². The lowest BCUT2D eigenvalue weighted by atomic mass is 9.91. The van der Waals surface area contributed by atoms with Gasteiger partial charge in [-0.2, -0.15) is 0 Å². The quantitative estimate of drug-likeness (QED) is 0.920. The lowest BCUT2D eigenvalue weighted by Crippen LogP contribution is -2.49. The molecule has 0 aliphatic carbocycles. The van der Waals surface area contributed by atoms with Gasteiger partial charge in [0.1, 0.15) is 0 Å². The van der Waals surface area contributed by atoms with Crippen molar-refractivity contribution in [2.75, 3.05) is 14.1 Å². The Morgan fingerprint density at radius 2 is 1.75 bits per heavy atom. The van der Waals surface area contributed by atoms with E-state index in [9.17, 15) is 5.11 Å². The number of aliphatic hydroxyl groups is 1. The van der Waals surface area contributed by atoms with Gasteiger partial charge in [0, 0.05) is 16.4 Å². The molecule has 0 saturated heterocycles. The molecular formula is C13H20BrNO. The van der Waals surface area contributed by atoms with E-state index < -0.39 is 0 Å². The van der Waals surface area contributed by atoms with E-state index in [0.29, 0.717) is 6.42 Å². The van der Waals surface area contributed by atoms with Gasteiger partial charge in [0.2, 0.25) is 0 Å². The van der Waals surface area contributed by atoms with Crippen molar-refractivity contribution in [2.24, 2.45) is 0 Å². The largest absolute Gasteiger partial charge is 0.391 e. The first-order valence-corrected chi connectivity index (χ1v) is 6.23. The second-order valence-corrected chi connectivity index (χ2v) is 5.81. The molecule has 1 atom stereocenters. The summed E-state index contributed by atoms with van der Waals surface area (Å²) in [6.45, 7) is 4.10. The first-order valence-electron chi connectivity index (χ1n) is 5.44. The maximum atomic E-state index is 10.2. The summed E-state index contributed by atoms with van der Waals surface area (Å²) in [6.07, 6.45) is 0.307. The molecule has 16 heavy (non-hydrogen) atoms. The van der Waals surface area contributed by atoms with Crippen LogP contribution in [0.25, 0.3) is 0 Å². The van der Waals surface area contributed by atoms with E-state index in [1.54, 1.807) is 0 Å². The highest BCUT2D eigenvalue weighted by Crippen LogP contribution is 2.20. The van der Waals surface area contributed by atoms with Gasteiger partial charge in [-0.05, 0) is 45.6 Å². The Morgan fingerprint density at radius 3 is 2.19 bits per heavy atom. The molecule has 1 aromatic carbocycles. The number of hydrogen-bond acceptors (Lipinski definition) is 2. The van der Waals surface area contributed by atoms with Crippen LogP contribution in [0.15, 0.2) is 28.7 Å². The molecular weight excluding hydrogens is 266 g/mol. The molecule has 1 unspecified atom stereocenters. The normalized spacial score (nSPS) is 14.2. The minimum atomic E-state index is -0.372. The molecule has 90 valence electrons. The minimum absolute atomic E-state index is 0.215. The van der Waals surface area contributed by atoms with Crippen LogP contribution >= 0.6 is 15.9 Å². The van der Waals surface area contributed by atoms with E-state index in [1.165, 1.54) is 0 Å². The van der Waals surface area contributed by atoms with Crippen LogP contribution in [0, 0.1) is 0 Å². The van der Waals surface area contributed by atoms with Gasteiger partial charge in [-0.15, -0.1) is 0 Å². The zero-order valence-corrected chi connectivity index (χ0v) is 12.0. The summed E-state index contributed by atoms with van der Waals surface area (Å²) in [6, 6.07) is 8.09. The van der Waals surface area contributed by atoms with Crippen molar-refractivity contribution in [1.82, 2.24) is 4.90 Å². The number of rotatable bonds is 4. The summed E-state index contributed by atoms with van der Waals surface area (Å²) in [7, 11) is 3.98. The first-order chi connectivity index (χ1) is 7.34. The van der Waals surface area contributed by atoms with Gasteiger partial charge in [0.15, 0.2) is 0 Å². The van der Waals surface area contributed by atoms with Crippen molar-refractivity contribution in [1.29, 1.82) is 0 Å². The van der Waals surface area contributed by atoms with Gasteiger partial charge in [-0.3, -0.25) is 0 Å². The first kappa shape index (κ1) is 13.7. The summed E-state index contributed by atoms with van der Waals surface area (Å²) in [5, 5.41) is 10.2. The van der Waals surface area contributed by atoms with Crippen molar-refractivity contribution in [3.63, 3.8) is 0 Å². The van der Waals surface area contributed by atoms with Crippen LogP contribution in [-0.2, 0) is 6.42 Å². The highest BCUT2D eigenvalue weighted by atomic mass is 79.9. The number of halogens is 1. The van der Waals surface area contributed by atoms with Gasteiger partial charge in [-0.1, -0.05) is 28.1 Å². The van der Waals surface area contributed by atoms with E-state index in [0.717, 1.165) is 10.0 Å². The third-order valence-corrected chi connectivity index (χ3v) is 3.84. The number of aliphatic hydroxyl groups excluding tert-OH is 1. The van der Waals surface area contributed by atoms with Crippen molar-refractivity contribution in [3.05, 3.63) is 34.3 Å². The minimum Gasteiger partial charge on any atom is -0.391 e. The van der Waals surface area contributed by atoms with Gasteiger partial charge in [0.05, 0.1) is 6.10 Å². The molecule has 0 saturated carbocycles. The molecule has 0 spiro atoms. The number of hydrogen-bond donors (Lipinski definition) is 1. The Kier molecular flexibility index (Phi) is 4.53. The van der Waals surface area contributed by atoms with Crippen LogP contribution in [0.1, 0.15) is 19.4 Å². The second kappa shape index (κ2) is 5.30. The molecule has 1 aromatic rings. The zero-order valence-electron chi connectivity index (χ0n) is 10.4. The molecule has 1 rings (SSSR count). The molecule has 0 bridgehead atoms.